The number of H-pyrrole nitrogens is 1. The molecule has 0 saturated carbocycles. The highest BCUT2D eigenvalue weighted by Crippen LogP contribution is 2.27. The number of hydrogen-bond donors (Lipinski definition) is 3. The van der Waals surface area contributed by atoms with E-state index in [1.165, 1.54) is 10.9 Å². The van der Waals surface area contributed by atoms with Crippen LogP contribution in [0, 0.1) is 0 Å². The van der Waals surface area contributed by atoms with Crippen molar-refractivity contribution in [2.75, 3.05) is 18.1 Å². The summed E-state index contributed by atoms with van der Waals surface area (Å²) in [5, 5.41) is 14.2. The lowest BCUT2D eigenvalue weighted by Crippen LogP contribution is -2.47. The van der Waals surface area contributed by atoms with Crippen molar-refractivity contribution in [1.29, 1.82) is 0 Å². The molecule has 3 N–H and O–H groups in total. The Bertz CT molecular complexity index is 617. The number of aromatic nitrogens is 1. The molecule has 1 fully saturated rings. The Morgan fingerprint density at radius 3 is 3.10 bits per heavy atom. The highest BCUT2D eigenvalue weighted by atomic mass is 32.2. The van der Waals surface area contributed by atoms with E-state index in [0.717, 1.165) is 17.7 Å². The topological polar surface area (TPSA) is 65.1 Å². The number of aromatic amines is 1. The number of nitrogens with one attached hydrogen (secondary N) is 2. The molecule has 1 saturated heterocycles. The standard InChI is InChI=1S/C15H18N2O2S/c18-14(15(19)6-8-20-10-15)16-7-5-11-9-17-13-4-2-1-3-12(11)13/h1-4,9,17,19H,5-8,10H2,(H,16,18). The molecule has 0 spiro atoms. The minimum Gasteiger partial charge on any atom is -0.379 e. The first kappa shape index (κ1) is 13.5. The number of para-hydroxylation sites is 1. The van der Waals surface area contributed by atoms with Crippen molar-refractivity contribution in [2.24, 2.45) is 0 Å². The van der Waals surface area contributed by atoms with E-state index in [2.05, 4.69) is 16.4 Å². The minimum absolute atomic E-state index is 0.234. The van der Waals surface area contributed by atoms with Crippen LogP contribution in [0.1, 0.15) is 12.0 Å². The molecule has 1 aliphatic heterocycles. The smallest absolute Gasteiger partial charge is 0.252 e. The van der Waals surface area contributed by atoms with Gasteiger partial charge in [-0.05, 0) is 30.2 Å². The van der Waals surface area contributed by atoms with Crippen molar-refractivity contribution < 1.29 is 9.90 Å². The molecule has 106 valence electrons. The van der Waals surface area contributed by atoms with Crippen molar-refractivity contribution in [2.45, 2.75) is 18.4 Å². The van der Waals surface area contributed by atoms with E-state index in [1.54, 1.807) is 11.8 Å². The molecule has 2 heterocycles. The third-order valence-corrected chi connectivity index (χ3v) is 4.95. The zero-order valence-electron chi connectivity index (χ0n) is 11.2. The van der Waals surface area contributed by atoms with E-state index in [1.807, 2.05) is 24.4 Å². The molecular weight excluding hydrogens is 272 g/mol. The minimum atomic E-state index is -1.16. The second-order valence-electron chi connectivity index (χ2n) is 5.20. The number of thioether (sulfide) groups is 1. The van der Waals surface area contributed by atoms with Gasteiger partial charge in [-0.15, -0.1) is 0 Å². The number of carbonyl (C=O) groups excluding carboxylic acids is 1. The molecule has 0 aliphatic carbocycles. The van der Waals surface area contributed by atoms with E-state index >= 15 is 0 Å². The van der Waals surface area contributed by atoms with Crippen LogP contribution in [-0.4, -0.2) is 39.6 Å². The van der Waals surface area contributed by atoms with Gasteiger partial charge in [-0.1, -0.05) is 18.2 Å². The van der Waals surface area contributed by atoms with Gasteiger partial charge >= 0.3 is 0 Å². The van der Waals surface area contributed by atoms with Crippen molar-refractivity contribution >= 4 is 28.6 Å². The molecule has 4 nitrogen and oxygen atoms in total. The zero-order chi connectivity index (χ0) is 14.0. The second-order valence-corrected chi connectivity index (χ2v) is 6.30. The Kier molecular flexibility index (Phi) is 3.72. The van der Waals surface area contributed by atoms with Crippen LogP contribution in [0.15, 0.2) is 30.5 Å². The maximum absolute atomic E-state index is 12.0. The van der Waals surface area contributed by atoms with Gasteiger partial charge in [0.05, 0.1) is 0 Å². The molecule has 1 aromatic heterocycles. The molecule has 1 unspecified atom stereocenters. The summed E-state index contributed by atoms with van der Waals surface area (Å²) in [7, 11) is 0. The average molecular weight is 290 g/mol. The average Bonchev–Trinajstić information content (AvgIpc) is 3.07. The quantitative estimate of drug-likeness (QED) is 0.803. The molecule has 1 atom stereocenters. The van der Waals surface area contributed by atoms with Gasteiger partial charge < -0.3 is 15.4 Å². The third kappa shape index (κ3) is 2.55. The lowest BCUT2D eigenvalue weighted by atomic mass is 10.0. The van der Waals surface area contributed by atoms with Gasteiger partial charge in [0, 0.05) is 29.4 Å². The summed E-state index contributed by atoms with van der Waals surface area (Å²) in [6, 6.07) is 8.12. The highest BCUT2D eigenvalue weighted by Gasteiger charge is 2.39. The van der Waals surface area contributed by atoms with Crippen molar-refractivity contribution in [1.82, 2.24) is 10.3 Å². The number of amides is 1. The first-order valence-electron chi connectivity index (χ1n) is 6.82. The normalized spacial score (nSPS) is 22.2. The third-order valence-electron chi connectivity index (χ3n) is 3.78. The van der Waals surface area contributed by atoms with Gasteiger partial charge in [-0.25, -0.2) is 0 Å². The molecule has 2 aromatic rings. The monoisotopic (exact) mass is 290 g/mol. The summed E-state index contributed by atoms with van der Waals surface area (Å²) in [6.45, 7) is 0.549. The lowest BCUT2D eigenvalue weighted by molar-refractivity contribution is -0.137. The van der Waals surface area contributed by atoms with Crippen molar-refractivity contribution in [3.05, 3.63) is 36.0 Å². The van der Waals surface area contributed by atoms with Crippen LogP contribution in [0.5, 0.6) is 0 Å². The fraction of sp³-hybridized carbons (Fsp3) is 0.400. The van der Waals surface area contributed by atoms with Crippen LogP contribution < -0.4 is 5.32 Å². The predicted octanol–water partition coefficient (Wildman–Crippen LogP) is 1.69. The Labute approximate surface area is 121 Å². The van der Waals surface area contributed by atoms with E-state index in [9.17, 15) is 9.90 Å². The highest BCUT2D eigenvalue weighted by molar-refractivity contribution is 7.99. The molecule has 20 heavy (non-hydrogen) atoms. The van der Waals surface area contributed by atoms with Crippen LogP contribution >= 0.6 is 11.8 Å². The predicted molar refractivity (Wildman–Crippen MR) is 81.9 cm³/mol. The molecule has 0 bridgehead atoms. The number of rotatable bonds is 4. The van der Waals surface area contributed by atoms with Crippen LogP contribution in [0.25, 0.3) is 10.9 Å². The maximum Gasteiger partial charge on any atom is 0.252 e. The number of hydrogen-bond acceptors (Lipinski definition) is 3. The van der Waals surface area contributed by atoms with E-state index in [0.29, 0.717) is 18.7 Å². The Morgan fingerprint density at radius 1 is 1.45 bits per heavy atom. The van der Waals surface area contributed by atoms with Gasteiger partial charge in [0.25, 0.3) is 5.91 Å². The summed E-state index contributed by atoms with van der Waals surface area (Å²) in [5.41, 5.74) is 1.14. The van der Waals surface area contributed by atoms with Gasteiger partial charge in [-0.2, -0.15) is 11.8 Å². The summed E-state index contributed by atoms with van der Waals surface area (Å²) in [4.78, 5) is 15.2. The van der Waals surface area contributed by atoms with Crippen molar-refractivity contribution in [3.63, 3.8) is 0 Å². The summed E-state index contributed by atoms with van der Waals surface area (Å²) in [5.74, 6) is 1.13. The Morgan fingerprint density at radius 2 is 2.30 bits per heavy atom. The van der Waals surface area contributed by atoms with Crippen LogP contribution in [-0.2, 0) is 11.2 Å². The van der Waals surface area contributed by atoms with Gasteiger partial charge in [0.2, 0.25) is 0 Å². The number of aliphatic hydroxyl groups is 1. The van der Waals surface area contributed by atoms with Gasteiger partial charge in [0.1, 0.15) is 0 Å². The van der Waals surface area contributed by atoms with Crippen LogP contribution in [0.3, 0.4) is 0 Å². The first-order valence-corrected chi connectivity index (χ1v) is 7.98. The molecule has 1 aromatic carbocycles. The molecule has 0 radical (unpaired) electrons. The van der Waals surface area contributed by atoms with E-state index < -0.39 is 5.60 Å². The summed E-state index contributed by atoms with van der Waals surface area (Å²) < 4.78 is 0. The Balaban J connectivity index is 1.59. The summed E-state index contributed by atoms with van der Waals surface area (Å²) in [6.07, 6.45) is 3.30. The van der Waals surface area contributed by atoms with E-state index in [-0.39, 0.29) is 5.91 Å². The van der Waals surface area contributed by atoms with E-state index in [4.69, 9.17) is 0 Å². The molecule has 5 heteroatoms. The fourth-order valence-electron chi connectivity index (χ4n) is 2.55. The number of benzene rings is 1. The van der Waals surface area contributed by atoms with Crippen LogP contribution in [0.4, 0.5) is 0 Å². The first-order chi connectivity index (χ1) is 9.69. The summed E-state index contributed by atoms with van der Waals surface area (Å²) >= 11 is 1.63. The Hall–Kier alpha value is -1.46. The maximum atomic E-state index is 12.0. The number of carbonyl (C=O) groups is 1. The molecule has 1 aliphatic rings. The number of fused-ring (bicyclic) bond motifs is 1. The lowest BCUT2D eigenvalue weighted by Gasteiger charge is -2.20. The molecule has 1 amide bonds. The largest absolute Gasteiger partial charge is 0.379 e. The van der Waals surface area contributed by atoms with Crippen molar-refractivity contribution in [3.8, 4) is 0 Å². The molecule has 3 rings (SSSR count). The SMILES string of the molecule is O=C(NCCc1c[nH]c2ccccc12)C1(O)CCSC1. The fourth-order valence-corrected chi connectivity index (χ4v) is 3.79. The zero-order valence-corrected chi connectivity index (χ0v) is 12.0. The second kappa shape index (κ2) is 5.50. The van der Waals surface area contributed by atoms with Gasteiger partial charge in [0.15, 0.2) is 5.60 Å². The van der Waals surface area contributed by atoms with Crippen LogP contribution in [0.2, 0.25) is 0 Å². The van der Waals surface area contributed by atoms with Gasteiger partial charge in [-0.3, -0.25) is 4.79 Å². The molecular formula is C15H18N2O2S.